The van der Waals surface area contributed by atoms with Gasteiger partial charge in [-0.25, -0.2) is 5.84 Å². The van der Waals surface area contributed by atoms with Crippen LogP contribution in [0.3, 0.4) is 0 Å². The van der Waals surface area contributed by atoms with Gasteiger partial charge in [0.15, 0.2) is 0 Å². The number of hydrogen-bond donors (Lipinski definition) is 2. The Morgan fingerprint density at radius 2 is 2.12 bits per heavy atom. The summed E-state index contributed by atoms with van der Waals surface area (Å²) in [6.07, 6.45) is 1.29. The van der Waals surface area contributed by atoms with Crippen LogP contribution in [0.4, 0.5) is 0 Å². The van der Waals surface area contributed by atoms with E-state index in [4.69, 9.17) is 5.84 Å². The summed E-state index contributed by atoms with van der Waals surface area (Å²) in [5.41, 5.74) is 2.23. The Balaban J connectivity index is 2.54. The number of nitrogens with one attached hydrogen (secondary N) is 1. The second-order valence-electron chi connectivity index (χ2n) is 5.42. The minimum atomic E-state index is -0.0712. The molecular formula is C12H25N3O. The number of nitrogens with zero attached hydrogens (tertiary/aromatic N) is 1. The lowest BCUT2D eigenvalue weighted by Crippen LogP contribution is -2.49. The van der Waals surface area contributed by atoms with Crippen LogP contribution in [0.5, 0.6) is 0 Å². The van der Waals surface area contributed by atoms with E-state index in [2.05, 4.69) is 31.1 Å². The summed E-state index contributed by atoms with van der Waals surface area (Å²) in [4.78, 5) is 13.8. The zero-order chi connectivity index (χ0) is 12.3. The maximum atomic E-state index is 11.4. The Kier molecular flexibility index (Phi) is 4.74. The zero-order valence-corrected chi connectivity index (χ0v) is 10.9. The first-order chi connectivity index (χ1) is 7.45. The highest BCUT2D eigenvalue weighted by Gasteiger charge is 2.30. The number of amides is 1. The highest BCUT2D eigenvalue weighted by molar-refractivity contribution is 5.77. The van der Waals surface area contributed by atoms with Crippen LogP contribution >= 0.6 is 0 Å². The number of nitrogens with two attached hydrogens (primary N) is 1. The minimum absolute atomic E-state index is 0.0371. The molecule has 0 bridgehead atoms. The zero-order valence-electron chi connectivity index (χ0n) is 10.9. The first kappa shape index (κ1) is 13.5. The molecule has 1 amide bonds. The van der Waals surface area contributed by atoms with E-state index in [1.54, 1.807) is 0 Å². The highest BCUT2D eigenvalue weighted by atomic mass is 16.2. The van der Waals surface area contributed by atoms with Crippen molar-refractivity contribution < 1.29 is 4.79 Å². The van der Waals surface area contributed by atoms with Crippen LogP contribution in [0.2, 0.25) is 0 Å². The predicted octanol–water partition coefficient (Wildman–Crippen LogP) is 0.979. The molecule has 1 aliphatic rings. The molecule has 4 atom stereocenters. The first-order valence-corrected chi connectivity index (χ1v) is 6.20. The standard InChI is InChI=1S/C12H25N3O/c1-8-5-9(2)11(4)15(6-8)7-10(3)12(16)14-13/h8-11H,5-7,13H2,1-4H3,(H,14,16). The van der Waals surface area contributed by atoms with E-state index in [1.807, 2.05) is 6.92 Å². The summed E-state index contributed by atoms with van der Waals surface area (Å²) in [5, 5.41) is 0. The maximum absolute atomic E-state index is 11.4. The van der Waals surface area contributed by atoms with Crippen molar-refractivity contribution in [2.45, 2.75) is 40.2 Å². The molecule has 94 valence electrons. The van der Waals surface area contributed by atoms with Gasteiger partial charge in [0.05, 0.1) is 0 Å². The van der Waals surface area contributed by atoms with Gasteiger partial charge >= 0.3 is 0 Å². The van der Waals surface area contributed by atoms with Crippen molar-refractivity contribution >= 4 is 5.91 Å². The first-order valence-electron chi connectivity index (χ1n) is 6.20. The summed E-state index contributed by atoms with van der Waals surface area (Å²) >= 11 is 0. The van der Waals surface area contributed by atoms with Crippen molar-refractivity contribution in [3.05, 3.63) is 0 Å². The maximum Gasteiger partial charge on any atom is 0.237 e. The molecule has 0 aromatic rings. The fourth-order valence-electron chi connectivity index (χ4n) is 2.65. The second kappa shape index (κ2) is 5.64. The van der Waals surface area contributed by atoms with E-state index < -0.39 is 0 Å². The van der Waals surface area contributed by atoms with Crippen LogP contribution in [0.25, 0.3) is 0 Å². The largest absolute Gasteiger partial charge is 0.299 e. The number of carbonyl (C=O) groups excluding carboxylic acids is 1. The summed E-state index contributed by atoms with van der Waals surface area (Å²) in [6, 6.07) is 0.559. The molecular weight excluding hydrogens is 202 g/mol. The Labute approximate surface area is 98.5 Å². The normalized spacial score (nSPS) is 33.4. The summed E-state index contributed by atoms with van der Waals surface area (Å²) in [5.74, 6) is 6.47. The average Bonchev–Trinajstić information content (AvgIpc) is 2.23. The van der Waals surface area contributed by atoms with Gasteiger partial charge < -0.3 is 0 Å². The van der Waals surface area contributed by atoms with Gasteiger partial charge in [0.2, 0.25) is 5.91 Å². The molecule has 4 unspecified atom stereocenters. The van der Waals surface area contributed by atoms with Gasteiger partial charge in [-0.15, -0.1) is 0 Å². The van der Waals surface area contributed by atoms with Crippen molar-refractivity contribution in [3.63, 3.8) is 0 Å². The average molecular weight is 227 g/mol. The number of likely N-dealkylation sites (tertiary alicyclic amines) is 1. The molecule has 0 radical (unpaired) electrons. The summed E-state index contributed by atoms with van der Waals surface area (Å²) in [6.45, 7) is 10.7. The lowest BCUT2D eigenvalue weighted by Gasteiger charge is -2.42. The third kappa shape index (κ3) is 3.19. The molecule has 1 aliphatic heterocycles. The minimum Gasteiger partial charge on any atom is -0.299 e. The van der Waals surface area contributed by atoms with Crippen molar-refractivity contribution in [1.29, 1.82) is 0 Å². The van der Waals surface area contributed by atoms with Crippen molar-refractivity contribution in [2.24, 2.45) is 23.6 Å². The van der Waals surface area contributed by atoms with Crippen LogP contribution in [-0.4, -0.2) is 29.9 Å². The molecule has 0 aliphatic carbocycles. The van der Waals surface area contributed by atoms with E-state index in [0.29, 0.717) is 12.0 Å². The van der Waals surface area contributed by atoms with E-state index in [9.17, 15) is 4.79 Å². The quantitative estimate of drug-likeness (QED) is 0.429. The lowest BCUT2D eigenvalue weighted by atomic mass is 9.85. The van der Waals surface area contributed by atoms with Gasteiger partial charge in [-0.2, -0.15) is 0 Å². The SMILES string of the molecule is CC1CC(C)C(C)N(CC(C)C(=O)NN)C1. The van der Waals surface area contributed by atoms with Crippen LogP contribution in [0, 0.1) is 17.8 Å². The lowest BCUT2D eigenvalue weighted by molar-refractivity contribution is -0.125. The third-order valence-electron chi connectivity index (χ3n) is 3.82. The van der Waals surface area contributed by atoms with Gasteiger partial charge in [0.25, 0.3) is 0 Å². The molecule has 3 N–H and O–H groups in total. The molecule has 1 saturated heterocycles. The third-order valence-corrected chi connectivity index (χ3v) is 3.82. The molecule has 4 nitrogen and oxygen atoms in total. The van der Waals surface area contributed by atoms with Crippen molar-refractivity contribution in [2.75, 3.05) is 13.1 Å². The van der Waals surface area contributed by atoms with E-state index >= 15 is 0 Å². The predicted molar refractivity (Wildman–Crippen MR) is 65.5 cm³/mol. The molecule has 1 heterocycles. The number of piperidine rings is 1. The van der Waals surface area contributed by atoms with E-state index in [1.165, 1.54) is 6.42 Å². The van der Waals surface area contributed by atoms with Gasteiger partial charge in [-0.1, -0.05) is 20.8 Å². The molecule has 0 saturated carbocycles. The Morgan fingerprint density at radius 1 is 1.50 bits per heavy atom. The van der Waals surface area contributed by atoms with Gasteiger partial charge in [-0.3, -0.25) is 15.1 Å². The Bertz CT molecular complexity index is 244. The fourth-order valence-corrected chi connectivity index (χ4v) is 2.65. The van der Waals surface area contributed by atoms with Gasteiger partial charge in [0, 0.05) is 25.0 Å². The second-order valence-corrected chi connectivity index (χ2v) is 5.42. The monoisotopic (exact) mass is 227 g/mol. The van der Waals surface area contributed by atoms with Crippen LogP contribution in [0.15, 0.2) is 0 Å². The van der Waals surface area contributed by atoms with E-state index in [-0.39, 0.29) is 11.8 Å². The number of rotatable bonds is 3. The molecule has 0 aromatic heterocycles. The highest BCUT2D eigenvalue weighted by Crippen LogP contribution is 2.27. The molecule has 4 heteroatoms. The summed E-state index contributed by atoms with van der Waals surface area (Å²) in [7, 11) is 0. The topological polar surface area (TPSA) is 58.4 Å². The van der Waals surface area contributed by atoms with E-state index in [0.717, 1.165) is 19.0 Å². The van der Waals surface area contributed by atoms with Crippen LogP contribution in [-0.2, 0) is 4.79 Å². The summed E-state index contributed by atoms with van der Waals surface area (Å²) < 4.78 is 0. The fraction of sp³-hybridized carbons (Fsp3) is 0.917. The molecule has 0 aromatic carbocycles. The van der Waals surface area contributed by atoms with Gasteiger partial charge in [-0.05, 0) is 25.2 Å². The smallest absolute Gasteiger partial charge is 0.237 e. The molecule has 0 spiro atoms. The molecule has 16 heavy (non-hydrogen) atoms. The van der Waals surface area contributed by atoms with Crippen LogP contribution < -0.4 is 11.3 Å². The number of carbonyl (C=O) groups is 1. The number of hydrogen-bond acceptors (Lipinski definition) is 3. The number of hydrazine groups is 1. The molecule has 1 fully saturated rings. The van der Waals surface area contributed by atoms with Gasteiger partial charge in [0.1, 0.15) is 0 Å². The van der Waals surface area contributed by atoms with Crippen molar-refractivity contribution in [3.8, 4) is 0 Å². The Morgan fingerprint density at radius 3 is 2.69 bits per heavy atom. The molecule has 1 rings (SSSR count). The van der Waals surface area contributed by atoms with Crippen LogP contribution in [0.1, 0.15) is 34.1 Å². The van der Waals surface area contributed by atoms with Crippen molar-refractivity contribution in [1.82, 2.24) is 10.3 Å². The Hall–Kier alpha value is -0.610.